The van der Waals surface area contributed by atoms with Crippen molar-refractivity contribution in [2.75, 3.05) is 24.6 Å². The van der Waals surface area contributed by atoms with Crippen molar-refractivity contribution in [3.63, 3.8) is 0 Å². The zero-order valence-corrected chi connectivity index (χ0v) is 10.3. The lowest BCUT2D eigenvalue weighted by molar-refractivity contribution is 0.244. The minimum Gasteiger partial charge on any atom is -0.396 e. The van der Waals surface area contributed by atoms with Crippen LogP contribution < -0.4 is 4.90 Å². The first kappa shape index (κ1) is 11.5. The predicted molar refractivity (Wildman–Crippen MR) is 70.5 cm³/mol. The number of aromatic amines is 1. The second-order valence-electron chi connectivity index (χ2n) is 4.90. The highest BCUT2D eigenvalue weighted by molar-refractivity contribution is 5.87. The molecule has 1 fully saturated rings. The van der Waals surface area contributed by atoms with E-state index in [-0.39, 0.29) is 6.61 Å². The van der Waals surface area contributed by atoms with E-state index in [0.717, 1.165) is 36.4 Å². The van der Waals surface area contributed by atoms with Crippen LogP contribution in [0.5, 0.6) is 0 Å². The van der Waals surface area contributed by atoms with Crippen LogP contribution in [0.25, 0.3) is 11.0 Å². The lowest BCUT2D eigenvalue weighted by atomic mass is 9.95. The molecule has 1 unspecified atom stereocenters. The van der Waals surface area contributed by atoms with Crippen molar-refractivity contribution >= 4 is 16.9 Å². The van der Waals surface area contributed by atoms with Crippen LogP contribution in [0.4, 0.5) is 5.82 Å². The zero-order valence-electron chi connectivity index (χ0n) is 10.3. The third kappa shape index (κ3) is 2.06. The quantitative estimate of drug-likeness (QED) is 0.862. The molecule has 0 spiro atoms. The van der Waals surface area contributed by atoms with Gasteiger partial charge < -0.3 is 15.0 Å². The highest BCUT2D eigenvalue weighted by Gasteiger charge is 2.22. The van der Waals surface area contributed by atoms with E-state index in [1.807, 2.05) is 12.3 Å². The number of aromatic nitrogens is 3. The summed E-state index contributed by atoms with van der Waals surface area (Å²) in [6.45, 7) is 2.30. The minimum absolute atomic E-state index is 0.280. The normalized spacial score (nSPS) is 20.5. The Kier molecular flexibility index (Phi) is 3.15. The summed E-state index contributed by atoms with van der Waals surface area (Å²) < 4.78 is 0. The van der Waals surface area contributed by atoms with E-state index in [1.165, 1.54) is 12.8 Å². The van der Waals surface area contributed by atoms with Crippen LogP contribution in [0.1, 0.15) is 19.3 Å². The van der Waals surface area contributed by atoms with Gasteiger partial charge in [0.2, 0.25) is 0 Å². The first-order chi connectivity index (χ1) is 8.88. The Morgan fingerprint density at radius 3 is 3.28 bits per heavy atom. The molecule has 0 amide bonds. The largest absolute Gasteiger partial charge is 0.396 e. The van der Waals surface area contributed by atoms with Crippen LogP contribution >= 0.6 is 0 Å². The lowest BCUT2D eigenvalue weighted by Gasteiger charge is -2.33. The molecule has 0 aliphatic carbocycles. The van der Waals surface area contributed by atoms with Crippen LogP contribution in [0.15, 0.2) is 18.6 Å². The van der Waals surface area contributed by atoms with Gasteiger partial charge in [-0.15, -0.1) is 0 Å². The number of aliphatic hydroxyl groups is 1. The van der Waals surface area contributed by atoms with Crippen molar-refractivity contribution in [3.8, 4) is 0 Å². The highest BCUT2D eigenvalue weighted by Crippen LogP contribution is 2.27. The van der Waals surface area contributed by atoms with Gasteiger partial charge in [-0.1, -0.05) is 0 Å². The van der Waals surface area contributed by atoms with E-state index < -0.39 is 0 Å². The number of H-pyrrole nitrogens is 1. The second kappa shape index (κ2) is 4.94. The molecule has 1 saturated heterocycles. The summed E-state index contributed by atoms with van der Waals surface area (Å²) in [7, 11) is 0. The first-order valence-corrected chi connectivity index (χ1v) is 6.52. The molecule has 0 radical (unpaired) electrons. The lowest BCUT2D eigenvalue weighted by Crippen LogP contribution is -2.36. The van der Waals surface area contributed by atoms with Crippen molar-refractivity contribution in [1.82, 2.24) is 15.0 Å². The molecule has 0 bridgehead atoms. The van der Waals surface area contributed by atoms with Crippen LogP contribution in [0, 0.1) is 5.92 Å². The van der Waals surface area contributed by atoms with Gasteiger partial charge in [0.1, 0.15) is 17.8 Å². The molecular formula is C13H18N4O. The third-order valence-corrected chi connectivity index (χ3v) is 3.69. The average molecular weight is 246 g/mol. The molecule has 5 nitrogen and oxygen atoms in total. The number of rotatable bonds is 3. The second-order valence-corrected chi connectivity index (χ2v) is 4.90. The van der Waals surface area contributed by atoms with Crippen molar-refractivity contribution in [2.45, 2.75) is 19.3 Å². The zero-order chi connectivity index (χ0) is 12.4. The molecule has 5 heteroatoms. The van der Waals surface area contributed by atoms with Gasteiger partial charge in [-0.05, 0) is 31.2 Å². The van der Waals surface area contributed by atoms with Crippen molar-refractivity contribution < 1.29 is 5.11 Å². The first-order valence-electron chi connectivity index (χ1n) is 6.52. The summed E-state index contributed by atoms with van der Waals surface area (Å²) in [6.07, 6.45) is 6.78. The van der Waals surface area contributed by atoms with Crippen molar-refractivity contribution in [1.29, 1.82) is 0 Å². The molecule has 0 saturated carbocycles. The van der Waals surface area contributed by atoms with Crippen LogP contribution in [0.2, 0.25) is 0 Å². The summed E-state index contributed by atoms with van der Waals surface area (Å²) in [5, 5.41) is 10.2. The smallest absolute Gasteiger partial charge is 0.142 e. The summed E-state index contributed by atoms with van der Waals surface area (Å²) in [4.78, 5) is 14.1. The van der Waals surface area contributed by atoms with E-state index in [2.05, 4.69) is 19.9 Å². The molecule has 1 aliphatic heterocycles. The predicted octanol–water partition coefficient (Wildman–Crippen LogP) is 1.56. The Balaban J connectivity index is 1.87. The van der Waals surface area contributed by atoms with E-state index in [0.29, 0.717) is 5.92 Å². The van der Waals surface area contributed by atoms with Gasteiger partial charge in [-0.2, -0.15) is 0 Å². The fraction of sp³-hybridized carbons (Fsp3) is 0.538. The molecule has 2 N–H and O–H groups in total. The fourth-order valence-electron chi connectivity index (χ4n) is 2.79. The number of nitrogens with zero attached hydrogens (tertiary/aromatic N) is 3. The molecule has 2 aromatic heterocycles. The molecule has 2 aromatic rings. The molecule has 96 valence electrons. The Hall–Kier alpha value is -1.62. The monoisotopic (exact) mass is 246 g/mol. The molecule has 1 aliphatic rings. The number of anilines is 1. The van der Waals surface area contributed by atoms with Gasteiger partial charge in [0.25, 0.3) is 0 Å². The number of nitrogens with one attached hydrogen (secondary N) is 1. The minimum atomic E-state index is 0.280. The topological polar surface area (TPSA) is 65.0 Å². The molecule has 3 rings (SSSR count). The van der Waals surface area contributed by atoms with E-state index >= 15 is 0 Å². The SMILES string of the molecule is OCCC1CCCN(c2ncnc3[nH]ccc23)C1. The Morgan fingerprint density at radius 1 is 1.44 bits per heavy atom. The molecule has 3 heterocycles. The van der Waals surface area contributed by atoms with Crippen molar-refractivity contribution in [3.05, 3.63) is 18.6 Å². The van der Waals surface area contributed by atoms with E-state index in [4.69, 9.17) is 5.11 Å². The molecular weight excluding hydrogens is 228 g/mol. The molecule has 18 heavy (non-hydrogen) atoms. The number of fused-ring (bicyclic) bond motifs is 1. The Bertz CT molecular complexity index is 522. The van der Waals surface area contributed by atoms with Crippen LogP contribution in [-0.2, 0) is 0 Å². The third-order valence-electron chi connectivity index (χ3n) is 3.69. The molecule has 1 atom stereocenters. The number of aliphatic hydroxyl groups excluding tert-OH is 1. The van der Waals surface area contributed by atoms with Gasteiger partial charge in [-0.3, -0.25) is 0 Å². The highest BCUT2D eigenvalue weighted by atomic mass is 16.3. The maximum Gasteiger partial charge on any atom is 0.142 e. The summed E-state index contributed by atoms with van der Waals surface area (Å²) >= 11 is 0. The Morgan fingerprint density at radius 2 is 2.39 bits per heavy atom. The summed E-state index contributed by atoms with van der Waals surface area (Å²) in [5.41, 5.74) is 0.893. The Labute approximate surface area is 106 Å². The van der Waals surface area contributed by atoms with Gasteiger partial charge in [-0.25, -0.2) is 9.97 Å². The number of piperidine rings is 1. The van der Waals surface area contributed by atoms with Crippen LogP contribution in [0.3, 0.4) is 0 Å². The maximum atomic E-state index is 9.06. The summed E-state index contributed by atoms with van der Waals surface area (Å²) in [6, 6.07) is 2.03. The van der Waals surface area contributed by atoms with Gasteiger partial charge >= 0.3 is 0 Å². The standard InChI is InChI=1S/C13H18N4O/c18-7-4-10-2-1-6-17(8-10)13-11-3-5-14-12(11)15-9-16-13/h3,5,9-10,18H,1-2,4,6-8H2,(H,14,15,16). The summed E-state index contributed by atoms with van der Waals surface area (Å²) in [5.74, 6) is 1.59. The van der Waals surface area contributed by atoms with Crippen molar-refractivity contribution in [2.24, 2.45) is 5.92 Å². The molecule has 0 aromatic carbocycles. The van der Waals surface area contributed by atoms with Gasteiger partial charge in [0.15, 0.2) is 0 Å². The fourth-order valence-corrected chi connectivity index (χ4v) is 2.79. The van der Waals surface area contributed by atoms with Crippen LogP contribution in [-0.4, -0.2) is 39.8 Å². The van der Waals surface area contributed by atoms with E-state index in [1.54, 1.807) is 6.33 Å². The average Bonchev–Trinajstić information content (AvgIpc) is 2.87. The van der Waals surface area contributed by atoms with E-state index in [9.17, 15) is 0 Å². The van der Waals surface area contributed by atoms with Gasteiger partial charge in [0, 0.05) is 25.9 Å². The number of hydrogen-bond donors (Lipinski definition) is 2. The van der Waals surface area contributed by atoms with Gasteiger partial charge in [0.05, 0.1) is 5.39 Å². The number of hydrogen-bond acceptors (Lipinski definition) is 4. The maximum absolute atomic E-state index is 9.06.